The Kier molecular flexibility index (Phi) is 5.64. The third kappa shape index (κ3) is 4.45. The smallest absolute Gasteiger partial charge is 0.280 e. The minimum absolute atomic E-state index is 0.172. The van der Waals surface area contributed by atoms with E-state index in [1.54, 1.807) is 10.9 Å². The van der Waals surface area contributed by atoms with E-state index in [4.69, 9.17) is 4.74 Å². The third-order valence-corrected chi connectivity index (χ3v) is 4.53. The number of likely N-dealkylation sites (tertiary alicyclic amines) is 1. The van der Waals surface area contributed by atoms with Gasteiger partial charge in [-0.1, -0.05) is 25.1 Å². The Hall–Kier alpha value is -2.14. The lowest BCUT2D eigenvalue weighted by atomic mass is 9.99. The highest BCUT2D eigenvalue weighted by Gasteiger charge is 2.15. The summed E-state index contributed by atoms with van der Waals surface area (Å²) in [6, 6.07) is 11.2. The van der Waals surface area contributed by atoms with E-state index in [0.717, 1.165) is 24.6 Å². The minimum Gasteiger partial charge on any atom is -0.474 e. The molecule has 5 heteroatoms. The summed E-state index contributed by atoms with van der Waals surface area (Å²) in [5.74, 6) is 1.02. The van der Waals surface area contributed by atoms with Crippen LogP contribution in [0.4, 0.5) is 0 Å². The summed E-state index contributed by atoms with van der Waals surface area (Å²) in [4.78, 5) is 14.4. The van der Waals surface area contributed by atoms with E-state index < -0.39 is 0 Å². The minimum atomic E-state index is -0.172. The number of nitrogens with zero attached hydrogens (tertiary/aromatic N) is 3. The molecule has 0 bridgehead atoms. The van der Waals surface area contributed by atoms with Crippen molar-refractivity contribution in [3.63, 3.8) is 0 Å². The Labute approximate surface area is 142 Å². The van der Waals surface area contributed by atoms with Gasteiger partial charge in [-0.15, -0.1) is 5.10 Å². The molecule has 1 aliphatic rings. The van der Waals surface area contributed by atoms with Crippen molar-refractivity contribution in [1.29, 1.82) is 0 Å². The molecule has 0 N–H and O–H groups in total. The SMILES string of the molecule is CC1CCN(CCCOc2nn(-c3ccccc3)ccc2=O)CC1. The van der Waals surface area contributed by atoms with E-state index in [1.165, 1.54) is 32.0 Å². The molecule has 0 saturated carbocycles. The maximum absolute atomic E-state index is 11.9. The Morgan fingerprint density at radius 2 is 1.92 bits per heavy atom. The van der Waals surface area contributed by atoms with E-state index in [-0.39, 0.29) is 11.3 Å². The molecule has 0 spiro atoms. The number of piperidine rings is 1. The molecule has 1 saturated heterocycles. The van der Waals surface area contributed by atoms with Crippen molar-refractivity contribution in [2.45, 2.75) is 26.2 Å². The largest absolute Gasteiger partial charge is 0.474 e. The number of rotatable bonds is 6. The van der Waals surface area contributed by atoms with Crippen LogP contribution in [-0.2, 0) is 0 Å². The molecule has 3 rings (SSSR count). The average molecular weight is 327 g/mol. The van der Waals surface area contributed by atoms with Crippen molar-refractivity contribution in [3.05, 3.63) is 52.8 Å². The van der Waals surface area contributed by atoms with Gasteiger partial charge in [-0.05, 0) is 50.4 Å². The summed E-state index contributed by atoms with van der Waals surface area (Å²) in [6.07, 6.45) is 5.14. The van der Waals surface area contributed by atoms with Crippen LogP contribution in [0, 0.1) is 5.92 Å². The van der Waals surface area contributed by atoms with Gasteiger partial charge in [-0.2, -0.15) is 0 Å². The highest BCUT2D eigenvalue weighted by molar-refractivity contribution is 5.30. The zero-order valence-electron chi connectivity index (χ0n) is 14.2. The van der Waals surface area contributed by atoms with Gasteiger partial charge in [0.2, 0.25) is 5.43 Å². The maximum atomic E-state index is 11.9. The second-order valence-corrected chi connectivity index (χ2v) is 6.49. The van der Waals surface area contributed by atoms with Gasteiger partial charge in [0.25, 0.3) is 5.88 Å². The molecule has 0 aliphatic carbocycles. The standard InChI is InChI=1S/C19H25N3O2/c1-16-8-12-21(13-9-16)11-5-15-24-19-18(23)10-14-22(20-19)17-6-3-2-4-7-17/h2-4,6-7,10,14,16H,5,8-9,11-13,15H2,1H3. The average Bonchev–Trinajstić information content (AvgIpc) is 2.62. The van der Waals surface area contributed by atoms with Gasteiger partial charge in [-0.25, -0.2) is 4.68 Å². The van der Waals surface area contributed by atoms with Gasteiger partial charge in [0.1, 0.15) is 0 Å². The first-order valence-corrected chi connectivity index (χ1v) is 8.73. The molecular weight excluding hydrogens is 302 g/mol. The van der Waals surface area contributed by atoms with Gasteiger partial charge < -0.3 is 9.64 Å². The van der Waals surface area contributed by atoms with Crippen LogP contribution in [0.15, 0.2) is 47.4 Å². The lowest BCUT2D eigenvalue weighted by Gasteiger charge is -2.29. The summed E-state index contributed by atoms with van der Waals surface area (Å²) < 4.78 is 7.31. The molecule has 1 aromatic heterocycles. The Bertz CT molecular complexity index is 691. The molecular formula is C19H25N3O2. The van der Waals surface area contributed by atoms with E-state index in [1.807, 2.05) is 30.3 Å². The monoisotopic (exact) mass is 327 g/mol. The first-order chi connectivity index (χ1) is 11.7. The van der Waals surface area contributed by atoms with Crippen LogP contribution in [0.1, 0.15) is 26.2 Å². The normalized spacial score (nSPS) is 16.2. The summed E-state index contributed by atoms with van der Waals surface area (Å²) >= 11 is 0. The summed E-state index contributed by atoms with van der Waals surface area (Å²) in [7, 11) is 0. The van der Waals surface area contributed by atoms with E-state index in [2.05, 4.69) is 16.9 Å². The molecule has 0 amide bonds. The van der Waals surface area contributed by atoms with Crippen molar-refractivity contribution in [1.82, 2.24) is 14.7 Å². The molecule has 5 nitrogen and oxygen atoms in total. The van der Waals surface area contributed by atoms with Crippen molar-refractivity contribution in [2.24, 2.45) is 5.92 Å². The Morgan fingerprint density at radius 1 is 1.17 bits per heavy atom. The topological polar surface area (TPSA) is 47.4 Å². The number of aromatic nitrogens is 2. The number of ether oxygens (including phenoxy) is 1. The lowest BCUT2D eigenvalue weighted by molar-refractivity contribution is 0.175. The fraction of sp³-hybridized carbons (Fsp3) is 0.474. The van der Waals surface area contributed by atoms with E-state index >= 15 is 0 Å². The van der Waals surface area contributed by atoms with Crippen LogP contribution >= 0.6 is 0 Å². The summed E-state index contributed by atoms with van der Waals surface area (Å²) in [5.41, 5.74) is 0.735. The van der Waals surface area contributed by atoms with Crippen LogP contribution in [0.25, 0.3) is 5.69 Å². The third-order valence-electron chi connectivity index (χ3n) is 4.53. The van der Waals surface area contributed by atoms with E-state index in [9.17, 15) is 4.79 Å². The highest BCUT2D eigenvalue weighted by atomic mass is 16.5. The number of hydrogen-bond acceptors (Lipinski definition) is 4. The maximum Gasteiger partial charge on any atom is 0.280 e. The molecule has 128 valence electrons. The first-order valence-electron chi connectivity index (χ1n) is 8.73. The second kappa shape index (κ2) is 8.11. The van der Waals surface area contributed by atoms with Crippen LogP contribution < -0.4 is 10.2 Å². The molecule has 1 aliphatic heterocycles. The molecule has 1 aromatic carbocycles. The molecule has 0 unspecified atom stereocenters. The zero-order chi connectivity index (χ0) is 16.8. The molecule has 1 fully saturated rings. The molecule has 2 heterocycles. The molecule has 2 aromatic rings. The quantitative estimate of drug-likeness (QED) is 0.766. The molecule has 0 atom stereocenters. The first kappa shape index (κ1) is 16.7. The molecule has 24 heavy (non-hydrogen) atoms. The summed E-state index contributed by atoms with van der Waals surface area (Å²) in [6.45, 7) is 6.20. The van der Waals surface area contributed by atoms with Crippen LogP contribution in [0.2, 0.25) is 0 Å². The predicted molar refractivity (Wildman–Crippen MR) is 94.8 cm³/mol. The number of para-hydroxylation sites is 1. The van der Waals surface area contributed by atoms with Crippen molar-refractivity contribution < 1.29 is 4.74 Å². The molecule has 0 radical (unpaired) electrons. The van der Waals surface area contributed by atoms with Crippen molar-refractivity contribution in [3.8, 4) is 11.6 Å². The predicted octanol–water partition coefficient (Wildman–Crippen LogP) is 2.73. The van der Waals surface area contributed by atoms with Gasteiger partial charge in [0, 0.05) is 18.8 Å². The number of hydrogen-bond donors (Lipinski definition) is 0. The van der Waals surface area contributed by atoms with E-state index in [0.29, 0.717) is 6.61 Å². The Morgan fingerprint density at radius 3 is 2.67 bits per heavy atom. The van der Waals surface area contributed by atoms with Crippen molar-refractivity contribution in [2.75, 3.05) is 26.2 Å². The fourth-order valence-electron chi connectivity index (χ4n) is 2.96. The van der Waals surface area contributed by atoms with Gasteiger partial charge in [0.15, 0.2) is 0 Å². The van der Waals surface area contributed by atoms with Gasteiger partial charge in [-0.3, -0.25) is 4.79 Å². The van der Waals surface area contributed by atoms with Crippen LogP contribution in [0.5, 0.6) is 5.88 Å². The van der Waals surface area contributed by atoms with Crippen LogP contribution in [-0.4, -0.2) is 40.9 Å². The fourth-order valence-corrected chi connectivity index (χ4v) is 2.96. The number of benzene rings is 1. The lowest BCUT2D eigenvalue weighted by Crippen LogP contribution is -2.34. The zero-order valence-corrected chi connectivity index (χ0v) is 14.2. The highest BCUT2D eigenvalue weighted by Crippen LogP contribution is 2.15. The second-order valence-electron chi connectivity index (χ2n) is 6.49. The van der Waals surface area contributed by atoms with Crippen LogP contribution in [0.3, 0.4) is 0 Å². The van der Waals surface area contributed by atoms with Gasteiger partial charge >= 0.3 is 0 Å². The van der Waals surface area contributed by atoms with Gasteiger partial charge in [0.05, 0.1) is 12.3 Å². The Balaban J connectivity index is 1.52. The summed E-state index contributed by atoms with van der Waals surface area (Å²) in [5, 5.41) is 4.31. The van der Waals surface area contributed by atoms with Crippen molar-refractivity contribution >= 4 is 0 Å².